The number of rotatable bonds is 7. The number of ether oxygens (including phenoxy) is 2. The smallest absolute Gasteiger partial charge is 0.251 e. The van der Waals surface area contributed by atoms with Crippen molar-refractivity contribution in [2.75, 3.05) is 13.2 Å². The normalized spacial score (nSPS) is 17.0. The Labute approximate surface area is 141 Å². The second-order valence-electron chi connectivity index (χ2n) is 5.95. The number of nitrogens with one attached hydrogen (secondary N) is 1. The van der Waals surface area contributed by atoms with Crippen LogP contribution in [-0.4, -0.2) is 34.7 Å². The Hall–Kier alpha value is -2.34. The molecule has 0 saturated carbocycles. The Bertz CT molecular complexity index is 660. The topological polar surface area (TPSA) is 65.4 Å². The molecule has 6 heteroatoms. The van der Waals surface area contributed by atoms with Crippen molar-refractivity contribution in [1.82, 2.24) is 14.9 Å². The summed E-state index contributed by atoms with van der Waals surface area (Å²) in [6.07, 6.45) is 7.01. The van der Waals surface area contributed by atoms with Gasteiger partial charge in [-0.2, -0.15) is 0 Å². The maximum absolute atomic E-state index is 12.1. The largest absolute Gasteiger partial charge is 0.486 e. The van der Waals surface area contributed by atoms with E-state index in [4.69, 9.17) is 9.47 Å². The third-order valence-corrected chi connectivity index (χ3v) is 4.18. The molecule has 3 rings (SSSR count). The van der Waals surface area contributed by atoms with Crippen molar-refractivity contribution in [1.29, 1.82) is 0 Å². The Morgan fingerprint density at radius 2 is 2.25 bits per heavy atom. The highest BCUT2D eigenvalue weighted by atomic mass is 16.5. The van der Waals surface area contributed by atoms with E-state index in [0.717, 1.165) is 31.7 Å². The summed E-state index contributed by atoms with van der Waals surface area (Å²) in [5.74, 6) is 1.50. The maximum atomic E-state index is 12.1. The lowest BCUT2D eigenvalue weighted by molar-refractivity contribution is 0.0907. The Morgan fingerprint density at radius 3 is 2.92 bits per heavy atom. The second kappa shape index (κ2) is 7.97. The molecule has 1 aromatic heterocycles. The summed E-state index contributed by atoms with van der Waals surface area (Å²) in [5, 5.41) is 2.93. The van der Waals surface area contributed by atoms with Crippen LogP contribution in [0.3, 0.4) is 0 Å². The Morgan fingerprint density at radius 1 is 1.42 bits per heavy atom. The first-order valence-electron chi connectivity index (χ1n) is 8.31. The molecule has 1 aromatic carbocycles. The summed E-state index contributed by atoms with van der Waals surface area (Å²) in [6.45, 7) is 1.88. The van der Waals surface area contributed by atoms with Gasteiger partial charge < -0.3 is 19.4 Å². The van der Waals surface area contributed by atoms with E-state index in [-0.39, 0.29) is 5.91 Å². The number of hydrogen-bond donors (Lipinski definition) is 1. The zero-order valence-electron chi connectivity index (χ0n) is 13.9. The number of carbonyl (C=O) groups excluding carboxylic acids is 1. The van der Waals surface area contributed by atoms with E-state index in [0.29, 0.717) is 30.6 Å². The molecule has 6 nitrogen and oxygen atoms in total. The van der Waals surface area contributed by atoms with Gasteiger partial charge in [-0.3, -0.25) is 4.79 Å². The van der Waals surface area contributed by atoms with E-state index in [1.54, 1.807) is 30.5 Å². The molecule has 1 aliphatic rings. The number of nitrogens with zero attached hydrogens (tertiary/aromatic N) is 2. The molecule has 1 atom stereocenters. The first kappa shape index (κ1) is 16.5. The van der Waals surface area contributed by atoms with E-state index >= 15 is 0 Å². The van der Waals surface area contributed by atoms with Gasteiger partial charge >= 0.3 is 0 Å². The van der Waals surface area contributed by atoms with Gasteiger partial charge in [-0.1, -0.05) is 0 Å². The Balaban J connectivity index is 1.44. The fourth-order valence-corrected chi connectivity index (χ4v) is 2.71. The average Bonchev–Trinajstić information content (AvgIpc) is 3.25. The molecule has 0 radical (unpaired) electrons. The van der Waals surface area contributed by atoms with Gasteiger partial charge in [0.25, 0.3) is 5.91 Å². The zero-order valence-corrected chi connectivity index (χ0v) is 13.9. The minimum absolute atomic E-state index is 0.0661. The highest BCUT2D eigenvalue weighted by molar-refractivity contribution is 5.94. The van der Waals surface area contributed by atoms with Gasteiger partial charge in [0.2, 0.25) is 0 Å². The Kier molecular flexibility index (Phi) is 5.48. The maximum Gasteiger partial charge on any atom is 0.251 e. The summed E-state index contributed by atoms with van der Waals surface area (Å²) in [4.78, 5) is 16.3. The molecule has 0 spiro atoms. The van der Waals surface area contributed by atoms with Crippen molar-refractivity contribution in [3.8, 4) is 5.75 Å². The van der Waals surface area contributed by atoms with Crippen LogP contribution in [0.4, 0.5) is 0 Å². The van der Waals surface area contributed by atoms with Crippen molar-refractivity contribution < 1.29 is 14.3 Å². The van der Waals surface area contributed by atoms with E-state index in [2.05, 4.69) is 10.3 Å². The molecule has 0 unspecified atom stereocenters. The number of amides is 1. The third-order valence-electron chi connectivity index (χ3n) is 4.18. The first-order valence-corrected chi connectivity index (χ1v) is 8.31. The van der Waals surface area contributed by atoms with E-state index < -0.39 is 0 Å². The van der Waals surface area contributed by atoms with Gasteiger partial charge in [-0.25, -0.2) is 4.98 Å². The molecule has 2 heterocycles. The zero-order chi connectivity index (χ0) is 16.8. The van der Waals surface area contributed by atoms with Crippen molar-refractivity contribution in [3.05, 3.63) is 48.0 Å². The lowest BCUT2D eigenvalue weighted by Gasteiger charge is -2.10. The van der Waals surface area contributed by atoms with Gasteiger partial charge in [0.1, 0.15) is 18.2 Å². The van der Waals surface area contributed by atoms with Crippen LogP contribution in [0.15, 0.2) is 36.7 Å². The summed E-state index contributed by atoms with van der Waals surface area (Å²) >= 11 is 0. The molecule has 128 valence electrons. The summed E-state index contributed by atoms with van der Waals surface area (Å²) < 4.78 is 13.1. The van der Waals surface area contributed by atoms with Crippen LogP contribution in [0.1, 0.15) is 35.4 Å². The van der Waals surface area contributed by atoms with Gasteiger partial charge in [0.05, 0.1) is 6.10 Å². The quantitative estimate of drug-likeness (QED) is 0.846. The molecule has 1 saturated heterocycles. The van der Waals surface area contributed by atoms with Crippen LogP contribution in [-0.2, 0) is 18.4 Å². The monoisotopic (exact) mass is 329 g/mol. The van der Waals surface area contributed by atoms with E-state index in [1.165, 1.54) is 0 Å². The van der Waals surface area contributed by atoms with Gasteiger partial charge in [0.15, 0.2) is 0 Å². The summed E-state index contributed by atoms with van der Waals surface area (Å²) in [7, 11) is 1.93. The fourth-order valence-electron chi connectivity index (χ4n) is 2.71. The summed E-state index contributed by atoms with van der Waals surface area (Å²) in [6, 6.07) is 7.15. The van der Waals surface area contributed by atoms with Crippen LogP contribution < -0.4 is 10.1 Å². The van der Waals surface area contributed by atoms with Crippen molar-refractivity contribution >= 4 is 5.91 Å². The van der Waals surface area contributed by atoms with E-state index in [9.17, 15) is 4.79 Å². The fraction of sp³-hybridized carbons (Fsp3) is 0.444. The molecular weight excluding hydrogens is 306 g/mol. The molecule has 2 aromatic rings. The lowest BCUT2D eigenvalue weighted by atomic mass is 10.1. The standard InChI is InChI=1S/C18H23N3O3/c1-21-11-10-19-17(21)13-24-16-6-4-14(5-7-16)18(22)20-9-8-15-3-2-12-23-15/h4-7,10-11,15H,2-3,8-9,12-13H2,1H3,(H,20,22)/t15-/m1/s1. The third kappa shape index (κ3) is 4.35. The molecule has 1 N–H and O–H groups in total. The van der Waals surface area contributed by atoms with Crippen LogP contribution in [0, 0.1) is 0 Å². The number of carbonyl (C=O) groups is 1. The molecule has 24 heavy (non-hydrogen) atoms. The average molecular weight is 329 g/mol. The number of hydrogen-bond acceptors (Lipinski definition) is 4. The number of benzene rings is 1. The van der Waals surface area contributed by atoms with Gasteiger partial charge in [-0.05, 0) is 43.5 Å². The van der Waals surface area contributed by atoms with Crippen LogP contribution in [0.25, 0.3) is 0 Å². The van der Waals surface area contributed by atoms with Crippen LogP contribution >= 0.6 is 0 Å². The number of imidazole rings is 1. The molecule has 0 bridgehead atoms. The highest BCUT2D eigenvalue weighted by Gasteiger charge is 2.15. The van der Waals surface area contributed by atoms with Crippen LogP contribution in [0.2, 0.25) is 0 Å². The predicted molar refractivity (Wildman–Crippen MR) is 89.9 cm³/mol. The number of aromatic nitrogens is 2. The molecule has 1 aliphatic heterocycles. The SMILES string of the molecule is Cn1ccnc1COc1ccc(C(=O)NCC[C@H]2CCCO2)cc1. The van der Waals surface area contributed by atoms with Crippen molar-refractivity contribution in [3.63, 3.8) is 0 Å². The number of aryl methyl sites for hydroxylation is 1. The molecular formula is C18H23N3O3. The molecule has 0 aliphatic carbocycles. The van der Waals surface area contributed by atoms with Crippen molar-refractivity contribution in [2.45, 2.75) is 32.0 Å². The molecule has 1 fully saturated rings. The second-order valence-corrected chi connectivity index (χ2v) is 5.95. The predicted octanol–water partition coefficient (Wildman–Crippen LogP) is 2.30. The van der Waals surface area contributed by atoms with E-state index in [1.807, 2.05) is 17.8 Å². The minimum Gasteiger partial charge on any atom is -0.486 e. The molecule has 1 amide bonds. The van der Waals surface area contributed by atoms with Gasteiger partial charge in [0, 0.05) is 38.2 Å². The lowest BCUT2D eigenvalue weighted by Crippen LogP contribution is -2.26. The highest BCUT2D eigenvalue weighted by Crippen LogP contribution is 2.15. The minimum atomic E-state index is -0.0661. The van der Waals surface area contributed by atoms with Crippen molar-refractivity contribution in [2.24, 2.45) is 7.05 Å². The van der Waals surface area contributed by atoms with Crippen LogP contribution in [0.5, 0.6) is 5.75 Å². The first-order chi connectivity index (χ1) is 11.7. The summed E-state index contributed by atoms with van der Waals surface area (Å²) in [5.41, 5.74) is 0.631. The van der Waals surface area contributed by atoms with Gasteiger partial charge in [-0.15, -0.1) is 0 Å².